The molecule has 0 bridgehead atoms. The van der Waals surface area contributed by atoms with Crippen LogP contribution >= 0.6 is 0 Å². The second kappa shape index (κ2) is 6.30. The van der Waals surface area contributed by atoms with Gasteiger partial charge in [0, 0.05) is 18.1 Å². The number of carbonyl (C=O) groups is 1. The first-order chi connectivity index (χ1) is 10.7. The smallest absolute Gasteiger partial charge is 0.302 e. The van der Waals surface area contributed by atoms with E-state index in [9.17, 15) is 4.79 Å². The van der Waals surface area contributed by atoms with Crippen LogP contribution in [0.25, 0.3) is 0 Å². The Balaban J connectivity index is 1.91. The molecule has 1 heterocycles. The molecular weight excluding hydrogens is 280 g/mol. The number of carbonyl (C=O) groups excluding carboxylic acids is 1. The molecule has 1 fully saturated rings. The summed E-state index contributed by atoms with van der Waals surface area (Å²) in [6.45, 7) is 1.95. The van der Waals surface area contributed by atoms with Gasteiger partial charge in [-0.15, -0.1) is 0 Å². The largest absolute Gasteiger partial charge is 0.463 e. The maximum atomic E-state index is 11.0. The monoisotopic (exact) mass is 298 g/mol. The highest BCUT2D eigenvalue weighted by Gasteiger charge is 2.45. The van der Waals surface area contributed by atoms with Crippen molar-refractivity contribution in [2.24, 2.45) is 0 Å². The van der Waals surface area contributed by atoms with Gasteiger partial charge in [0.25, 0.3) is 0 Å². The summed E-state index contributed by atoms with van der Waals surface area (Å²) < 4.78 is 17.3. The molecule has 1 saturated heterocycles. The topological polar surface area (TPSA) is 44.8 Å². The molecule has 3 rings (SSSR count). The van der Waals surface area contributed by atoms with Gasteiger partial charge in [-0.05, 0) is 0 Å². The first-order valence-corrected chi connectivity index (χ1v) is 7.27. The average Bonchev–Trinajstić information content (AvgIpc) is 3.00. The number of benzene rings is 2. The molecule has 1 atom stereocenters. The summed E-state index contributed by atoms with van der Waals surface area (Å²) in [6.07, 6.45) is -0.288. The third-order valence-electron chi connectivity index (χ3n) is 3.59. The van der Waals surface area contributed by atoms with Gasteiger partial charge in [-0.3, -0.25) is 4.79 Å². The van der Waals surface area contributed by atoms with Gasteiger partial charge in [0.1, 0.15) is 12.7 Å². The van der Waals surface area contributed by atoms with Gasteiger partial charge in [0.2, 0.25) is 5.79 Å². The van der Waals surface area contributed by atoms with E-state index in [0.29, 0.717) is 6.61 Å². The molecule has 4 nitrogen and oxygen atoms in total. The molecule has 0 spiro atoms. The molecule has 0 amide bonds. The van der Waals surface area contributed by atoms with E-state index in [2.05, 4.69) is 0 Å². The van der Waals surface area contributed by atoms with E-state index in [1.54, 1.807) is 0 Å². The summed E-state index contributed by atoms with van der Waals surface area (Å²) in [6, 6.07) is 19.6. The Morgan fingerprint density at radius 3 is 2.14 bits per heavy atom. The minimum absolute atomic E-state index is 0.191. The molecule has 2 aromatic carbocycles. The Hall–Kier alpha value is -2.17. The lowest BCUT2D eigenvalue weighted by molar-refractivity contribution is -0.158. The van der Waals surface area contributed by atoms with Crippen LogP contribution in [-0.4, -0.2) is 25.3 Å². The Morgan fingerprint density at radius 1 is 1.09 bits per heavy atom. The van der Waals surface area contributed by atoms with Crippen LogP contribution < -0.4 is 0 Å². The molecule has 0 N–H and O–H groups in total. The summed E-state index contributed by atoms with van der Waals surface area (Å²) in [5.74, 6) is -1.27. The molecule has 22 heavy (non-hydrogen) atoms. The van der Waals surface area contributed by atoms with Crippen LogP contribution in [0.5, 0.6) is 0 Å². The van der Waals surface area contributed by atoms with Crippen molar-refractivity contribution < 1.29 is 19.0 Å². The van der Waals surface area contributed by atoms with E-state index in [0.717, 1.165) is 11.1 Å². The minimum atomic E-state index is -0.951. The lowest BCUT2D eigenvalue weighted by atomic mass is 9.97. The quantitative estimate of drug-likeness (QED) is 0.814. The van der Waals surface area contributed by atoms with Gasteiger partial charge in [-0.1, -0.05) is 60.7 Å². The molecule has 4 heteroatoms. The van der Waals surface area contributed by atoms with Crippen molar-refractivity contribution in [1.82, 2.24) is 0 Å². The highest BCUT2D eigenvalue weighted by molar-refractivity contribution is 5.65. The minimum Gasteiger partial charge on any atom is -0.463 e. The first-order valence-electron chi connectivity index (χ1n) is 7.27. The Morgan fingerprint density at radius 2 is 1.64 bits per heavy atom. The predicted molar refractivity (Wildman–Crippen MR) is 81.1 cm³/mol. The van der Waals surface area contributed by atoms with Crippen LogP contribution in [0.4, 0.5) is 0 Å². The van der Waals surface area contributed by atoms with Crippen molar-refractivity contribution in [2.45, 2.75) is 18.8 Å². The zero-order chi connectivity index (χ0) is 15.4. The fourth-order valence-electron chi connectivity index (χ4n) is 2.59. The lowest BCUT2D eigenvalue weighted by Gasteiger charge is -2.29. The zero-order valence-electron chi connectivity index (χ0n) is 12.4. The fourth-order valence-corrected chi connectivity index (χ4v) is 2.59. The molecule has 114 valence electrons. The number of rotatable bonds is 4. The molecule has 1 aliphatic rings. The summed E-state index contributed by atoms with van der Waals surface area (Å²) in [4.78, 5) is 11.0. The molecule has 0 radical (unpaired) electrons. The van der Waals surface area contributed by atoms with E-state index >= 15 is 0 Å². The van der Waals surface area contributed by atoms with Crippen molar-refractivity contribution in [3.05, 3.63) is 71.8 Å². The number of ether oxygens (including phenoxy) is 3. The highest BCUT2D eigenvalue weighted by atomic mass is 16.8. The molecular formula is C18H18O4. The summed E-state index contributed by atoms with van der Waals surface area (Å²) in [5.41, 5.74) is 1.85. The highest BCUT2D eigenvalue weighted by Crippen LogP contribution is 2.40. The maximum absolute atomic E-state index is 11.0. The van der Waals surface area contributed by atoms with Crippen LogP contribution in [-0.2, 0) is 24.8 Å². The third kappa shape index (κ3) is 2.89. The standard InChI is InChI=1S/C18H18O4/c1-14(19)20-12-17-13-21-18(22-17,15-8-4-2-5-9-15)16-10-6-3-7-11-16/h2-11,17H,12-13H2,1H3. The van der Waals surface area contributed by atoms with E-state index < -0.39 is 5.79 Å². The van der Waals surface area contributed by atoms with Gasteiger partial charge >= 0.3 is 5.97 Å². The van der Waals surface area contributed by atoms with E-state index in [-0.39, 0.29) is 18.7 Å². The molecule has 1 unspecified atom stereocenters. The SMILES string of the molecule is CC(=O)OCC1COC(c2ccccc2)(c2ccccc2)O1. The van der Waals surface area contributed by atoms with E-state index in [1.165, 1.54) is 6.92 Å². The maximum Gasteiger partial charge on any atom is 0.302 e. The van der Waals surface area contributed by atoms with Gasteiger partial charge in [-0.2, -0.15) is 0 Å². The summed E-state index contributed by atoms with van der Waals surface area (Å²) in [5, 5.41) is 0. The second-order valence-corrected chi connectivity index (χ2v) is 5.20. The van der Waals surface area contributed by atoms with Crippen molar-refractivity contribution in [2.75, 3.05) is 13.2 Å². The molecule has 0 saturated carbocycles. The normalized spacial score (nSPS) is 19.8. The summed E-state index contributed by atoms with van der Waals surface area (Å²) >= 11 is 0. The van der Waals surface area contributed by atoms with Crippen LogP contribution in [0.1, 0.15) is 18.1 Å². The zero-order valence-corrected chi connectivity index (χ0v) is 12.4. The molecule has 0 aromatic heterocycles. The third-order valence-corrected chi connectivity index (χ3v) is 3.59. The van der Waals surface area contributed by atoms with Gasteiger partial charge in [0.05, 0.1) is 6.61 Å². The van der Waals surface area contributed by atoms with Crippen molar-refractivity contribution in [3.63, 3.8) is 0 Å². The Kier molecular flexibility index (Phi) is 4.22. The number of esters is 1. The molecule has 0 aliphatic carbocycles. The van der Waals surface area contributed by atoms with Crippen molar-refractivity contribution >= 4 is 5.97 Å². The molecule has 2 aromatic rings. The predicted octanol–water partition coefficient (Wildman–Crippen LogP) is 2.87. The summed E-state index contributed by atoms with van der Waals surface area (Å²) in [7, 11) is 0. The van der Waals surface area contributed by atoms with E-state index in [4.69, 9.17) is 14.2 Å². The van der Waals surface area contributed by atoms with Crippen LogP contribution in [0.15, 0.2) is 60.7 Å². The number of hydrogen-bond acceptors (Lipinski definition) is 4. The van der Waals surface area contributed by atoms with Gasteiger partial charge < -0.3 is 14.2 Å². The van der Waals surface area contributed by atoms with Crippen LogP contribution in [0.2, 0.25) is 0 Å². The number of hydrogen-bond donors (Lipinski definition) is 0. The van der Waals surface area contributed by atoms with Crippen molar-refractivity contribution in [3.8, 4) is 0 Å². The fraction of sp³-hybridized carbons (Fsp3) is 0.278. The Bertz CT molecular complexity index is 585. The van der Waals surface area contributed by atoms with Crippen LogP contribution in [0.3, 0.4) is 0 Å². The van der Waals surface area contributed by atoms with E-state index in [1.807, 2.05) is 60.7 Å². The molecule has 1 aliphatic heterocycles. The first kappa shape index (κ1) is 14.8. The van der Waals surface area contributed by atoms with Crippen LogP contribution in [0, 0.1) is 0 Å². The van der Waals surface area contributed by atoms with Gasteiger partial charge in [0.15, 0.2) is 0 Å². The van der Waals surface area contributed by atoms with Gasteiger partial charge in [-0.25, -0.2) is 0 Å². The average molecular weight is 298 g/mol. The lowest BCUT2D eigenvalue weighted by Crippen LogP contribution is -2.30. The van der Waals surface area contributed by atoms with Crippen molar-refractivity contribution in [1.29, 1.82) is 0 Å². The Labute approximate surface area is 129 Å². The second-order valence-electron chi connectivity index (χ2n) is 5.20.